The molecular weight excluding hydrogens is 416 g/mol. The lowest BCUT2D eigenvalue weighted by Gasteiger charge is -2.36. The molecule has 1 aliphatic rings. The van der Waals surface area contributed by atoms with Crippen molar-refractivity contribution in [1.82, 2.24) is 0 Å². The predicted molar refractivity (Wildman–Crippen MR) is 131 cm³/mol. The largest absolute Gasteiger partial charge is 0.490 e. The summed E-state index contributed by atoms with van der Waals surface area (Å²) in [4.78, 5) is 12.4. The number of carbonyl (C=O) groups is 1. The summed E-state index contributed by atoms with van der Waals surface area (Å²) >= 11 is 0. The lowest BCUT2D eigenvalue weighted by molar-refractivity contribution is -0.151. The van der Waals surface area contributed by atoms with Crippen LogP contribution < -0.4 is 4.74 Å². The van der Waals surface area contributed by atoms with Gasteiger partial charge in [-0.05, 0) is 67.1 Å². The van der Waals surface area contributed by atoms with Gasteiger partial charge < -0.3 is 13.9 Å². The van der Waals surface area contributed by atoms with E-state index in [0.717, 1.165) is 42.6 Å². The van der Waals surface area contributed by atoms with Crippen LogP contribution in [0.15, 0.2) is 54.6 Å². The van der Waals surface area contributed by atoms with Crippen molar-refractivity contribution in [1.29, 1.82) is 0 Å². The highest BCUT2D eigenvalue weighted by atomic mass is 28.4. The quantitative estimate of drug-likeness (QED) is 0.322. The Kier molecular flexibility index (Phi) is 8.18. The number of rotatable bonds is 8. The molecule has 0 aliphatic heterocycles. The molecule has 1 aliphatic carbocycles. The SMILES string of the molecule is CC(C)(C)[Si](C)(C)OCc1cccc(O[C@H]2CC[C@H](C(=O)OCc3ccccc3)CC2)c1. The second-order valence-electron chi connectivity index (χ2n) is 10.4. The van der Waals surface area contributed by atoms with Crippen LogP contribution in [0.1, 0.15) is 57.6 Å². The fourth-order valence-electron chi connectivity index (χ4n) is 3.64. The van der Waals surface area contributed by atoms with Crippen LogP contribution in [0.3, 0.4) is 0 Å². The Morgan fingerprint density at radius 3 is 2.22 bits per heavy atom. The first-order valence-electron chi connectivity index (χ1n) is 11.7. The molecular formula is C27H38O4Si. The first-order valence-corrected chi connectivity index (χ1v) is 14.6. The average molecular weight is 455 g/mol. The van der Waals surface area contributed by atoms with E-state index in [4.69, 9.17) is 13.9 Å². The highest BCUT2D eigenvalue weighted by Gasteiger charge is 2.37. The van der Waals surface area contributed by atoms with Crippen LogP contribution in [-0.2, 0) is 27.2 Å². The van der Waals surface area contributed by atoms with Crippen LogP contribution in [0, 0.1) is 5.92 Å². The second kappa shape index (κ2) is 10.7. The molecule has 32 heavy (non-hydrogen) atoms. The topological polar surface area (TPSA) is 44.8 Å². The van der Waals surface area contributed by atoms with Gasteiger partial charge in [0.1, 0.15) is 12.4 Å². The normalized spacial score (nSPS) is 19.4. The van der Waals surface area contributed by atoms with Crippen LogP contribution in [0.5, 0.6) is 5.75 Å². The fourth-order valence-corrected chi connectivity index (χ4v) is 4.60. The second-order valence-corrected chi connectivity index (χ2v) is 15.2. The molecule has 4 nitrogen and oxygen atoms in total. The fraction of sp³-hybridized carbons (Fsp3) is 0.519. The van der Waals surface area contributed by atoms with Crippen LogP contribution >= 0.6 is 0 Å². The first kappa shape index (κ1) is 24.5. The first-order chi connectivity index (χ1) is 15.1. The van der Waals surface area contributed by atoms with Crippen molar-refractivity contribution in [3.05, 3.63) is 65.7 Å². The van der Waals surface area contributed by atoms with Gasteiger partial charge in [0.2, 0.25) is 0 Å². The Morgan fingerprint density at radius 2 is 1.56 bits per heavy atom. The van der Waals surface area contributed by atoms with E-state index in [0.29, 0.717) is 13.2 Å². The van der Waals surface area contributed by atoms with Gasteiger partial charge >= 0.3 is 5.97 Å². The number of hydrogen-bond donors (Lipinski definition) is 0. The van der Waals surface area contributed by atoms with Crippen molar-refractivity contribution in [2.45, 2.75) is 83.9 Å². The summed E-state index contributed by atoms with van der Waals surface area (Å²) < 4.78 is 18.1. The lowest BCUT2D eigenvalue weighted by atomic mass is 9.87. The standard InChI is InChI=1S/C27H38O4Si/c1-27(2,3)32(4,5)30-20-22-12-9-13-25(18-22)31-24-16-14-23(15-17-24)26(28)29-19-21-10-7-6-8-11-21/h6-13,18,23-24H,14-17,19-20H2,1-5H3/t23-,24-. The molecule has 0 N–H and O–H groups in total. The molecule has 0 unspecified atom stereocenters. The monoisotopic (exact) mass is 454 g/mol. The van der Waals surface area contributed by atoms with E-state index in [1.807, 2.05) is 42.5 Å². The van der Waals surface area contributed by atoms with Crippen LogP contribution in [0.2, 0.25) is 18.1 Å². The number of ether oxygens (including phenoxy) is 2. The van der Waals surface area contributed by atoms with Gasteiger partial charge in [-0.15, -0.1) is 0 Å². The smallest absolute Gasteiger partial charge is 0.309 e. The molecule has 3 rings (SSSR count). The number of hydrogen-bond acceptors (Lipinski definition) is 4. The van der Waals surface area contributed by atoms with Gasteiger partial charge in [-0.25, -0.2) is 0 Å². The Hall–Kier alpha value is -2.11. The summed E-state index contributed by atoms with van der Waals surface area (Å²) in [5.41, 5.74) is 2.17. The molecule has 0 aromatic heterocycles. The van der Waals surface area contributed by atoms with Gasteiger partial charge in [0, 0.05) is 0 Å². The van der Waals surface area contributed by atoms with Crippen molar-refractivity contribution in [2.24, 2.45) is 5.92 Å². The molecule has 174 valence electrons. The Balaban J connectivity index is 1.45. The minimum absolute atomic E-state index is 0.0251. The summed E-state index contributed by atoms with van der Waals surface area (Å²) in [5, 5.41) is 0.196. The number of carbonyl (C=O) groups excluding carboxylic acids is 1. The van der Waals surface area contributed by atoms with Crippen molar-refractivity contribution >= 4 is 14.3 Å². The van der Waals surface area contributed by atoms with Gasteiger partial charge in [0.25, 0.3) is 0 Å². The van der Waals surface area contributed by atoms with E-state index in [2.05, 4.69) is 46.0 Å². The molecule has 2 aromatic rings. The summed E-state index contributed by atoms with van der Waals surface area (Å²) in [6.45, 7) is 12.3. The van der Waals surface area contributed by atoms with Crippen molar-refractivity contribution in [3.8, 4) is 5.75 Å². The maximum Gasteiger partial charge on any atom is 0.309 e. The minimum Gasteiger partial charge on any atom is -0.490 e. The summed E-state index contributed by atoms with van der Waals surface area (Å²) in [7, 11) is -1.78. The number of benzene rings is 2. The molecule has 0 atom stereocenters. The molecule has 0 radical (unpaired) electrons. The van der Waals surface area contributed by atoms with Gasteiger partial charge in [-0.3, -0.25) is 4.79 Å². The molecule has 1 fully saturated rings. The molecule has 1 saturated carbocycles. The molecule has 0 spiro atoms. The van der Waals surface area contributed by atoms with Crippen molar-refractivity contribution in [3.63, 3.8) is 0 Å². The highest BCUT2D eigenvalue weighted by molar-refractivity contribution is 6.74. The Labute approximate surface area is 194 Å². The van der Waals surface area contributed by atoms with E-state index in [1.165, 1.54) is 0 Å². The van der Waals surface area contributed by atoms with Crippen molar-refractivity contribution in [2.75, 3.05) is 0 Å². The third-order valence-corrected chi connectivity index (χ3v) is 11.3. The summed E-state index contributed by atoms with van der Waals surface area (Å²) in [6.07, 6.45) is 3.51. The average Bonchev–Trinajstić information content (AvgIpc) is 2.77. The maximum atomic E-state index is 12.4. The minimum atomic E-state index is -1.78. The van der Waals surface area contributed by atoms with Gasteiger partial charge in [0.15, 0.2) is 8.32 Å². The Morgan fingerprint density at radius 1 is 0.906 bits per heavy atom. The summed E-state index contributed by atoms with van der Waals surface area (Å²) in [6, 6.07) is 18.1. The molecule has 0 bridgehead atoms. The highest BCUT2D eigenvalue weighted by Crippen LogP contribution is 2.37. The molecule has 0 saturated heterocycles. The van der Waals surface area contributed by atoms with E-state index >= 15 is 0 Å². The molecule has 5 heteroatoms. The van der Waals surface area contributed by atoms with E-state index in [1.54, 1.807) is 0 Å². The van der Waals surface area contributed by atoms with Crippen LogP contribution in [0.25, 0.3) is 0 Å². The van der Waals surface area contributed by atoms with Gasteiger partial charge in [-0.2, -0.15) is 0 Å². The Bertz CT molecular complexity index is 865. The molecule has 0 amide bonds. The van der Waals surface area contributed by atoms with Crippen LogP contribution in [-0.4, -0.2) is 20.4 Å². The zero-order valence-corrected chi connectivity index (χ0v) is 21.2. The van der Waals surface area contributed by atoms with Gasteiger partial charge in [-0.1, -0.05) is 63.2 Å². The van der Waals surface area contributed by atoms with E-state index < -0.39 is 8.32 Å². The molecule has 0 heterocycles. The van der Waals surface area contributed by atoms with Crippen molar-refractivity contribution < 1.29 is 18.7 Å². The zero-order valence-electron chi connectivity index (χ0n) is 20.2. The van der Waals surface area contributed by atoms with Gasteiger partial charge in [0.05, 0.1) is 18.6 Å². The van der Waals surface area contributed by atoms with Crippen LogP contribution in [0.4, 0.5) is 0 Å². The van der Waals surface area contributed by atoms with E-state index in [-0.39, 0.29) is 23.0 Å². The molecule has 2 aromatic carbocycles. The summed E-state index contributed by atoms with van der Waals surface area (Å²) in [5.74, 6) is 0.774. The predicted octanol–water partition coefficient (Wildman–Crippen LogP) is 6.89. The zero-order chi connectivity index (χ0) is 23.2. The third-order valence-electron chi connectivity index (χ3n) is 6.84. The third kappa shape index (κ3) is 6.94. The lowest BCUT2D eigenvalue weighted by Crippen LogP contribution is -2.40. The van der Waals surface area contributed by atoms with E-state index in [9.17, 15) is 4.79 Å². The number of esters is 1. The maximum absolute atomic E-state index is 12.4.